The van der Waals surface area contributed by atoms with Crippen LogP contribution in [-0.4, -0.2) is 37.3 Å². The number of rotatable bonds is 6. The number of ether oxygens (including phenoxy) is 2. The summed E-state index contributed by atoms with van der Waals surface area (Å²) in [6, 6.07) is 6.74. The van der Waals surface area contributed by atoms with E-state index in [1.54, 1.807) is 24.3 Å². The Morgan fingerprint density at radius 1 is 1.50 bits per heavy atom. The minimum atomic E-state index is -0.258. The first-order valence-electron chi connectivity index (χ1n) is 5.13. The van der Waals surface area contributed by atoms with Gasteiger partial charge in [0.1, 0.15) is 19.0 Å². The maximum Gasteiger partial charge on any atom is 0.250 e. The van der Waals surface area contributed by atoms with Crippen LogP contribution in [0.3, 0.4) is 0 Å². The number of hydrogen-bond acceptors (Lipinski definition) is 5. The summed E-state index contributed by atoms with van der Waals surface area (Å²) in [5, 5.41) is 13.8. The summed E-state index contributed by atoms with van der Waals surface area (Å²) in [5.41, 5.74) is 5.85. The summed E-state index contributed by atoms with van der Waals surface area (Å²) in [6.07, 6.45) is 0. The highest BCUT2D eigenvalue weighted by Crippen LogP contribution is 2.17. The van der Waals surface area contributed by atoms with Crippen LogP contribution in [-0.2, 0) is 9.53 Å². The lowest BCUT2D eigenvalue weighted by atomic mass is 10.3. The third kappa shape index (κ3) is 4.71. The molecule has 0 unspecified atom stereocenters. The van der Waals surface area contributed by atoms with Crippen molar-refractivity contribution in [2.24, 2.45) is 10.9 Å². The highest BCUT2D eigenvalue weighted by atomic mass is 16.5. The molecular weight excluding hydrogens is 238 g/mol. The van der Waals surface area contributed by atoms with Gasteiger partial charge in [-0.15, -0.1) is 0 Å². The summed E-state index contributed by atoms with van der Waals surface area (Å²) in [7, 11) is 1.44. The van der Waals surface area contributed by atoms with Crippen LogP contribution in [0.25, 0.3) is 0 Å². The second-order valence-corrected chi connectivity index (χ2v) is 3.39. The van der Waals surface area contributed by atoms with Crippen molar-refractivity contribution in [3.63, 3.8) is 0 Å². The Morgan fingerprint density at radius 2 is 2.28 bits per heavy atom. The lowest BCUT2D eigenvalue weighted by Gasteiger charge is -2.08. The molecule has 0 aliphatic heterocycles. The summed E-state index contributed by atoms with van der Waals surface area (Å²) < 4.78 is 9.94. The molecule has 0 radical (unpaired) electrons. The van der Waals surface area contributed by atoms with E-state index in [0.29, 0.717) is 11.4 Å². The predicted molar refractivity (Wildman–Crippen MR) is 65.9 cm³/mol. The first-order valence-corrected chi connectivity index (χ1v) is 5.13. The van der Waals surface area contributed by atoms with Crippen LogP contribution < -0.4 is 15.8 Å². The maximum atomic E-state index is 11.3. The van der Waals surface area contributed by atoms with Crippen LogP contribution in [0.2, 0.25) is 0 Å². The number of nitrogens with two attached hydrogens (primary N) is 1. The molecule has 1 aromatic carbocycles. The van der Waals surface area contributed by atoms with Crippen molar-refractivity contribution in [3.05, 3.63) is 24.3 Å². The lowest BCUT2D eigenvalue weighted by Crippen LogP contribution is -2.21. The van der Waals surface area contributed by atoms with E-state index in [9.17, 15) is 4.79 Å². The Labute approximate surface area is 104 Å². The number of hydrogen-bond donors (Lipinski definition) is 3. The number of amides is 1. The van der Waals surface area contributed by atoms with Crippen LogP contribution >= 0.6 is 0 Å². The fraction of sp³-hybridized carbons (Fsp3) is 0.273. The molecule has 0 atom stereocenters. The zero-order chi connectivity index (χ0) is 13.4. The highest BCUT2D eigenvalue weighted by molar-refractivity contribution is 5.91. The quantitative estimate of drug-likeness (QED) is 0.294. The van der Waals surface area contributed by atoms with Gasteiger partial charge in [0.05, 0.1) is 0 Å². The lowest BCUT2D eigenvalue weighted by molar-refractivity contribution is -0.119. The fourth-order valence-electron chi connectivity index (χ4n) is 1.18. The molecular formula is C11H15N3O4. The highest BCUT2D eigenvalue weighted by Gasteiger charge is 2.03. The second-order valence-electron chi connectivity index (χ2n) is 3.39. The van der Waals surface area contributed by atoms with Gasteiger partial charge in [-0.1, -0.05) is 11.2 Å². The Hall–Kier alpha value is -2.28. The normalized spacial score (nSPS) is 11.1. The molecule has 98 valence electrons. The van der Waals surface area contributed by atoms with Crippen molar-refractivity contribution in [3.8, 4) is 5.75 Å². The molecule has 0 heterocycles. The molecule has 1 aromatic rings. The van der Waals surface area contributed by atoms with E-state index in [1.807, 2.05) is 0 Å². The van der Waals surface area contributed by atoms with Crippen molar-refractivity contribution in [2.75, 3.05) is 25.6 Å². The topological polar surface area (TPSA) is 106 Å². The Kier molecular flexibility index (Phi) is 5.46. The van der Waals surface area contributed by atoms with E-state index in [4.69, 9.17) is 20.4 Å². The van der Waals surface area contributed by atoms with Crippen molar-refractivity contribution in [1.29, 1.82) is 0 Å². The number of nitrogens with one attached hydrogen (secondary N) is 1. The third-order valence-electron chi connectivity index (χ3n) is 1.91. The van der Waals surface area contributed by atoms with Gasteiger partial charge in [-0.3, -0.25) is 4.79 Å². The SMILES string of the molecule is COCC(=O)Nc1cccc(OCC(N)=NO)c1. The molecule has 7 heteroatoms. The smallest absolute Gasteiger partial charge is 0.250 e. The molecule has 0 bridgehead atoms. The standard InChI is InChI=1S/C11H15N3O4/c1-17-7-11(15)13-8-3-2-4-9(5-8)18-6-10(12)14-16/h2-5,16H,6-7H2,1H3,(H2,12,14)(H,13,15). The Balaban J connectivity index is 2.59. The van der Waals surface area contributed by atoms with E-state index in [0.717, 1.165) is 0 Å². The van der Waals surface area contributed by atoms with Gasteiger partial charge in [0.25, 0.3) is 0 Å². The molecule has 0 saturated heterocycles. The fourth-order valence-corrected chi connectivity index (χ4v) is 1.18. The van der Waals surface area contributed by atoms with E-state index in [1.165, 1.54) is 7.11 Å². The number of carbonyl (C=O) groups is 1. The largest absolute Gasteiger partial charge is 0.485 e. The molecule has 0 aromatic heterocycles. The Morgan fingerprint density at radius 3 is 2.94 bits per heavy atom. The predicted octanol–water partition coefficient (Wildman–Crippen LogP) is 0.397. The zero-order valence-corrected chi connectivity index (χ0v) is 9.92. The van der Waals surface area contributed by atoms with E-state index >= 15 is 0 Å². The van der Waals surface area contributed by atoms with Crippen LogP contribution in [0.1, 0.15) is 0 Å². The van der Waals surface area contributed by atoms with Crippen LogP contribution in [0.5, 0.6) is 5.75 Å². The first kappa shape index (κ1) is 13.8. The Bertz CT molecular complexity index is 434. The van der Waals surface area contributed by atoms with Crippen LogP contribution in [0.15, 0.2) is 29.4 Å². The number of nitrogens with zero attached hydrogens (tertiary/aromatic N) is 1. The second kappa shape index (κ2) is 7.13. The monoisotopic (exact) mass is 253 g/mol. The summed E-state index contributed by atoms with van der Waals surface area (Å²) >= 11 is 0. The van der Waals surface area contributed by atoms with E-state index in [-0.39, 0.29) is 25.0 Å². The van der Waals surface area contributed by atoms with Gasteiger partial charge in [-0.25, -0.2) is 0 Å². The first-order chi connectivity index (χ1) is 8.65. The number of carbonyl (C=O) groups excluding carboxylic acids is 1. The summed E-state index contributed by atoms with van der Waals surface area (Å²) in [6.45, 7) is -0.0544. The number of benzene rings is 1. The van der Waals surface area contributed by atoms with Gasteiger partial charge >= 0.3 is 0 Å². The van der Waals surface area contributed by atoms with Crippen molar-refractivity contribution in [2.45, 2.75) is 0 Å². The van der Waals surface area contributed by atoms with Gasteiger partial charge in [0.2, 0.25) is 5.91 Å². The van der Waals surface area contributed by atoms with Crippen LogP contribution in [0, 0.1) is 0 Å². The van der Waals surface area contributed by atoms with Crippen LogP contribution in [0.4, 0.5) is 5.69 Å². The molecule has 0 spiro atoms. The average molecular weight is 253 g/mol. The molecule has 0 aliphatic rings. The summed E-state index contributed by atoms with van der Waals surface area (Å²) in [4.78, 5) is 11.3. The number of methoxy groups -OCH3 is 1. The maximum absolute atomic E-state index is 11.3. The van der Waals surface area contributed by atoms with Gasteiger partial charge in [0, 0.05) is 18.9 Å². The van der Waals surface area contributed by atoms with E-state index in [2.05, 4.69) is 10.5 Å². The molecule has 1 amide bonds. The summed E-state index contributed by atoms with van der Waals surface area (Å²) in [5.74, 6) is 0.201. The minimum absolute atomic E-state index is 0.0186. The average Bonchev–Trinajstić information content (AvgIpc) is 2.36. The zero-order valence-electron chi connectivity index (χ0n) is 9.92. The minimum Gasteiger partial charge on any atom is -0.485 e. The molecule has 0 aliphatic carbocycles. The van der Waals surface area contributed by atoms with Crippen molar-refractivity contribution < 1.29 is 19.5 Å². The molecule has 0 fully saturated rings. The number of anilines is 1. The van der Waals surface area contributed by atoms with E-state index < -0.39 is 0 Å². The molecule has 18 heavy (non-hydrogen) atoms. The molecule has 1 rings (SSSR count). The van der Waals surface area contributed by atoms with Crippen molar-refractivity contribution in [1.82, 2.24) is 0 Å². The number of amidine groups is 1. The molecule has 4 N–H and O–H groups in total. The van der Waals surface area contributed by atoms with Gasteiger partial charge < -0.3 is 25.7 Å². The van der Waals surface area contributed by atoms with Gasteiger partial charge in [-0.05, 0) is 12.1 Å². The van der Waals surface area contributed by atoms with Crippen molar-refractivity contribution >= 4 is 17.4 Å². The molecule has 0 saturated carbocycles. The van der Waals surface area contributed by atoms with Gasteiger partial charge in [-0.2, -0.15) is 0 Å². The number of oxime groups is 1. The molecule has 7 nitrogen and oxygen atoms in total. The third-order valence-corrected chi connectivity index (χ3v) is 1.91. The van der Waals surface area contributed by atoms with Gasteiger partial charge in [0.15, 0.2) is 5.84 Å².